The maximum atomic E-state index is 12.1. The molecule has 1 amide bonds. The van der Waals surface area contributed by atoms with Gasteiger partial charge in [-0.05, 0) is 18.4 Å². The van der Waals surface area contributed by atoms with Crippen LogP contribution in [0.1, 0.15) is 50.0 Å². The quantitative estimate of drug-likeness (QED) is 0.640. The molecule has 1 saturated carbocycles. The van der Waals surface area contributed by atoms with E-state index in [0.717, 1.165) is 18.4 Å². The van der Waals surface area contributed by atoms with Crippen molar-refractivity contribution in [1.29, 1.82) is 0 Å². The van der Waals surface area contributed by atoms with Crippen molar-refractivity contribution in [3.63, 3.8) is 0 Å². The van der Waals surface area contributed by atoms with Gasteiger partial charge in [0.25, 0.3) is 5.22 Å². The van der Waals surface area contributed by atoms with Gasteiger partial charge in [-0.25, -0.2) is 0 Å². The van der Waals surface area contributed by atoms with Gasteiger partial charge in [0.1, 0.15) is 0 Å². The van der Waals surface area contributed by atoms with Crippen LogP contribution < -0.4 is 5.32 Å². The summed E-state index contributed by atoms with van der Waals surface area (Å²) in [5.74, 6) is 0.950. The summed E-state index contributed by atoms with van der Waals surface area (Å²) in [6.45, 7) is 0. The first-order valence-corrected chi connectivity index (χ1v) is 9.56. The van der Waals surface area contributed by atoms with E-state index in [-0.39, 0.29) is 5.91 Å². The largest absolute Gasteiger partial charge is 0.416 e. The molecule has 1 aromatic heterocycles. The highest BCUT2D eigenvalue weighted by Gasteiger charge is 2.16. The van der Waals surface area contributed by atoms with Crippen molar-refractivity contribution in [3.05, 3.63) is 41.8 Å². The highest BCUT2D eigenvalue weighted by molar-refractivity contribution is 7.99. The summed E-state index contributed by atoms with van der Waals surface area (Å²) in [6.07, 6.45) is 7.80. The summed E-state index contributed by atoms with van der Waals surface area (Å²) in [4.78, 5) is 12.1. The number of rotatable bonds is 6. The van der Waals surface area contributed by atoms with Crippen molar-refractivity contribution in [1.82, 2.24) is 15.5 Å². The number of nitrogens with one attached hydrogen (secondary N) is 1. The Morgan fingerprint density at radius 2 is 1.88 bits per heavy atom. The van der Waals surface area contributed by atoms with Crippen LogP contribution in [0.5, 0.6) is 0 Å². The van der Waals surface area contributed by atoms with Crippen LogP contribution in [0, 0.1) is 0 Å². The third-order valence-corrected chi connectivity index (χ3v) is 5.01. The first-order valence-electron chi connectivity index (χ1n) is 8.58. The minimum absolute atomic E-state index is 0.0507. The molecule has 1 fully saturated rings. The number of hydrogen-bond acceptors (Lipinski definition) is 5. The van der Waals surface area contributed by atoms with Gasteiger partial charge >= 0.3 is 0 Å². The summed E-state index contributed by atoms with van der Waals surface area (Å²) in [5, 5.41) is 11.6. The van der Waals surface area contributed by atoms with Gasteiger partial charge in [0.2, 0.25) is 11.8 Å². The lowest BCUT2D eigenvalue weighted by Gasteiger charge is -2.15. The molecule has 1 aliphatic rings. The molecule has 5 nitrogen and oxygen atoms in total. The van der Waals surface area contributed by atoms with Gasteiger partial charge in [0.05, 0.1) is 12.2 Å². The third kappa shape index (κ3) is 5.37. The molecule has 2 aromatic rings. The summed E-state index contributed by atoms with van der Waals surface area (Å²) in [5.41, 5.74) is 1.13. The highest BCUT2D eigenvalue weighted by Crippen LogP contribution is 2.19. The molecule has 1 aromatic carbocycles. The molecule has 1 N–H and O–H groups in total. The summed E-state index contributed by atoms with van der Waals surface area (Å²) < 4.78 is 5.61. The molecule has 0 atom stereocenters. The zero-order valence-electron chi connectivity index (χ0n) is 13.7. The average molecular weight is 345 g/mol. The van der Waals surface area contributed by atoms with E-state index in [0.29, 0.717) is 29.3 Å². The van der Waals surface area contributed by atoms with E-state index in [9.17, 15) is 4.79 Å². The predicted octanol–water partition coefficient (Wildman–Crippen LogP) is 3.59. The average Bonchev–Trinajstić information content (AvgIpc) is 2.88. The van der Waals surface area contributed by atoms with Crippen LogP contribution in [0.25, 0.3) is 0 Å². The monoisotopic (exact) mass is 345 g/mol. The summed E-state index contributed by atoms with van der Waals surface area (Å²) in [6, 6.07) is 10.3. The minimum Gasteiger partial charge on any atom is -0.416 e. The number of carbonyl (C=O) groups is 1. The fourth-order valence-corrected chi connectivity index (χ4v) is 3.55. The second kappa shape index (κ2) is 8.87. The molecule has 1 aliphatic carbocycles. The molecule has 0 radical (unpaired) electrons. The molecule has 1 heterocycles. The van der Waals surface area contributed by atoms with Crippen molar-refractivity contribution in [3.8, 4) is 0 Å². The Morgan fingerprint density at radius 3 is 2.62 bits per heavy atom. The zero-order valence-corrected chi connectivity index (χ0v) is 14.6. The zero-order chi connectivity index (χ0) is 16.6. The van der Waals surface area contributed by atoms with Gasteiger partial charge in [-0.3, -0.25) is 4.79 Å². The van der Waals surface area contributed by atoms with Crippen LogP contribution in [-0.4, -0.2) is 27.9 Å². The molecule has 128 valence electrons. The van der Waals surface area contributed by atoms with Crippen LogP contribution >= 0.6 is 11.8 Å². The van der Waals surface area contributed by atoms with Gasteiger partial charge in [0, 0.05) is 6.04 Å². The number of hydrogen-bond donors (Lipinski definition) is 1. The van der Waals surface area contributed by atoms with Crippen molar-refractivity contribution in [2.75, 3.05) is 5.75 Å². The Hall–Kier alpha value is -1.82. The van der Waals surface area contributed by atoms with Gasteiger partial charge in [-0.1, -0.05) is 67.8 Å². The van der Waals surface area contributed by atoms with Crippen molar-refractivity contribution < 1.29 is 9.21 Å². The van der Waals surface area contributed by atoms with Crippen molar-refractivity contribution in [2.24, 2.45) is 0 Å². The lowest BCUT2D eigenvalue weighted by atomic mass is 10.1. The summed E-state index contributed by atoms with van der Waals surface area (Å²) in [7, 11) is 0. The van der Waals surface area contributed by atoms with Crippen molar-refractivity contribution >= 4 is 17.7 Å². The van der Waals surface area contributed by atoms with Crippen LogP contribution in [-0.2, 0) is 11.2 Å². The Labute approximate surface area is 146 Å². The fourth-order valence-electron chi connectivity index (χ4n) is 2.96. The van der Waals surface area contributed by atoms with Crippen molar-refractivity contribution in [2.45, 2.75) is 56.2 Å². The predicted molar refractivity (Wildman–Crippen MR) is 93.9 cm³/mol. The smallest absolute Gasteiger partial charge is 0.277 e. The highest BCUT2D eigenvalue weighted by atomic mass is 32.2. The molecule has 0 bridgehead atoms. The SMILES string of the molecule is O=C(CSc1nnc(Cc2ccccc2)o1)NC1CCCCCC1. The number of amides is 1. The minimum atomic E-state index is 0.0507. The Bertz CT molecular complexity index is 637. The lowest BCUT2D eigenvalue weighted by Crippen LogP contribution is -2.35. The van der Waals surface area contributed by atoms with Crippen LogP contribution in [0.2, 0.25) is 0 Å². The first kappa shape index (κ1) is 17.0. The van der Waals surface area contributed by atoms with Gasteiger partial charge in [-0.2, -0.15) is 0 Å². The molecular formula is C18H23N3O2S. The number of thioether (sulfide) groups is 1. The molecular weight excluding hydrogens is 322 g/mol. The molecule has 3 rings (SSSR count). The molecule has 24 heavy (non-hydrogen) atoms. The van der Waals surface area contributed by atoms with E-state index in [1.54, 1.807) is 0 Å². The van der Waals surface area contributed by atoms with Crippen LogP contribution in [0.15, 0.2) is 40.0 Å². The number of carbonyl (C=O) groups excluding carboxylic acids is 1. The molecule has 0 unspecified atom stereocenters. The topological polar surface area (TPSA) is 68.0 Å². The Balaban J connectivity index is 1.44. The fraction of sp³-hybridized carbons (Fsp3) is 0.500. The molecule has 0 spiro atoms. The number of benzene rings is 1. The summed E-state index contributed by atoms with van der Waals surface area (Å²) >= 11 is 1.30. The van der Waals surface area contributed by atoms with Gasteiger partial charge < -0.3 is 9.73 Å². The normalized spacial score (nSPS) is 15.8. The second-order valence-corrected chi connectivity index (χ2v) is 7.10. The van der Waals surface area contributed by atoms with E-state index in [2.05, 4.69) is 15.5 Å². The molecule has 0 aliphatic heterocycles. The Kier molecular flexibility index (Phi) is 6.29. The number of aromatic nitrogens is 2. The van der Waals surface area contributed by atoms with Crippen LogP contribution in [0.4, 0.5) is 0 Å². The van der Waals surface area contributed by atoms with E-state index in [4.69, 9.17) is 4.42 Å². The van der Waals surface area contributed by atoms with Crippen LogP contribution in [0.3, 0.4) is 0 Å². The third-order valence-electron chi connectivity index (χ3n) is 4.19. The maximum absolute atomic E-state index is 12.1. The van der Waals surface area contributed by atoms with E-state index < -0.39 is 0 Å². The number of nitrogens with zero attached hydrogens (tertiary/aromatic N) is 2. The van der Waals surface area contributed by atoms with E-state index >= 15 is 0 Å². The lowest BCUT2D eigenvalue weighted by molar-refractivity contribution is -0.119. The molecule has 6 heteroatoms. The maximum Gasteiger partial charge on any atom is 0.277 e. The standard InChI is InChI=1S/C18H23N3O2S/c22-16(19-15-10-6-1-2-7-11-15)13-24-18-21-20-17(23-18)12-14-8-4-3-5-9-14/h3-5,8-9,15H,1-2,6-7,10-13H2,(H,19,22). The van der Waals surface area contributed by atoms with E-state index in [1.165, 1.54) is 37.4 Å². The van der Waals surface area contributed by atoms with Gasteiger partial charge in [0.15, 0.2) is 0 Å². The van der Waals surface area contributed by atoms with E-state index in [1.807, 2.05) is 30.3 Å². The first-order chi connectivity index (χ1) is 11.8. The Morgan fingerprint density at radius 1 is 1.12 bits per heavy atom. The second-order valence-electron chi connectivity index (χ2n) is 6.17. The van der Waals surface area contributed by atoms with Gasteiger partial charge in [-0.15, -0.1) is 10.2 Å². The molecule has 0 saturated heterocycles.